The number of phenols is 1. The van der Waals surface area contributed by atoms with Crippen LogP contribution in [0.1, 0.15) is 11.1 Å². The minimum absolute atomic E-state index is 0.0417. The summed E-state index contributed by atoms with van der Waals surface area (Å²) in [6.45, 7) is 4.45. The second-order valence-electron chi connectivity index (χ2n) is 9.46. The van der Waals surface area contributed by atoms with Crippen LogP contribution in [0.2, 0.25) is 0 Å². The van der Waals surface area contributed by atoms with E-state index in [0.717, 1.165) is 12.2 Å². The summed E-state index contributed by atoms with van der Waals surface area (Å²) in [6, 6.07) is 9.76. The Bertz CT molecular complexity index is 1200. The van der Waals surface area contributed by atoms with Crippen LogP contribution in [0, 0.1) is 0 Å². The molecule has 0 saturated carbocycles. The second-order valence-corrected chi connectivity index (χ2v) is 9.46. The molecule has 0 aromatic heterocycles. The Kier molecular flexibility index (Phi) is 17.9. The molecule has 0 amide bonds. The van der Waals surface area contributed by atoms with E-state index in [4.69, 9.17) is 52.5 Å². The van der Waals surface area contributed by atoms with E-state index in [1.165, 1.54) is 6.07 Å². The van der Waals surface area contributed by atoms with E-state index >= 15 is 0 Å². The zero-order valence-electron chi connectivity index (χ0n) is 25.7. The van der Waals surface area contributed by atoms with Gasteiger partial charge in [0, 0.05) is 12.2 Å². The van der Waals surface area contributed by atoms with Gasteiger partial charge in [-0.05, 0) is 35.4 Å². The predicted octanol–water partition coefficient (Wildman–Crippen LogP) is 1.96. The molecule has 0 aliphatic carbocycles. The SMILES string of the molecule is O=C(/C=C\C(=O)OCc1ccc2c(c1)OCCOCCOCCOCCO2)OCc1ccc(OCCOCCOCCO)c(O)c1. The van der Waals surface area contributed by atoms with Crippen molar-refractivity contribution in [1.29, 1.82) is 0 Å². The molecule has 3 rings (SSSR count). The summed E-state index contributed by atoms with van der Waals surface area (Å²) in [6.07, 6.45) is 1.93. The van der Waals surface area contributed by atoms with Crippen LogP contribution < -0.4 is 14.2 Å². The van der Waals surface area contributed by atoms with Gasteiger partial charge in [0.05, 0.1) is 72.7 Å². The molecule has 1 aliphatic rings. The minimum atomic E-state index is -0.762. The Morgan fingerprint density at radius 1 is 0.652 bits per heavy atom. The third-order valence-electron chi connectivity index (χ3n) is 5.96. The highest BCUT2D eigenvalue weighted by molar-refractivity contribution is 5.91. The van der Waals surface area contributed by atoms with Crippen molar-refractivity contribution in [2.75, 3.05) is 92.5 Å². The van der Waals surface area contributed by atoms with Crippen molar-refractivity contribution in [2.45, 2.75) is 13.2 Å². The lowest BCUT2D eigenvalue weighted by Gasteiger charge is -2.14. The lowest BCUT2D eigenvalue weighted by atomic mass is 10.2. The van der Waals surface area contributed by atoms with E-state index in [2.05, 4.69) is 0 Å². The number of hydrogen-bond donors (Lipinski definition) is 2. The molecule has 1 aliphatic heterocycles. The summed E-state index contributed by atoms with van der Waals surface area (Å²) < 4.78 is 54.2. The van der Waals surface area contributed by atoms with Crippen LogP contribution in [0.4, 0.5) is 0 Å². The maximum atomic E-state index is 12.2. The van der Waals surface area contributed by atoms with E-state index in [0.29, 0.717) is 82.1 Å². The van der Waals surface area contributed by atoms with Crippen molar-refractivity contribution in [2.24, 2.45) is 0 Å². The highest BCUT2D eigenvalue weighted by Crippen LogP contribution is 2.29. The van der Waals surface area contributed by atoms with Crippen LogP contribution in [0.15, 0.2) is 48.6 Å². The lowest BCUT2D eigenvalue weighted by Crippen LogP contribution is -2.13. The molecule has 2 aromatic carbocycles. The molecule has 0 saturated heterocycles. The Hall–Kier alpha value is -3.92. The van der Waals surface area contributed by atoms with Gasteiger partial charge in [0.1, 0.15) is 33.0 Å². The maximum absolute atomic E-state index is 12.2. The van der Waals surface area contributed by atoms with Crippen LogP contribution in [0.3, 0.4) is 0 Å². The monoisotopic (exact) mass is 650 g/mol. The van der Waals surface area contributed by atoms with Gasteiger partial charge in [0.2, 0.25) is 0 Å². The van der Waals surface area contributed by atoms with Gasteiger partial charge in [-0.25, -0.2) is 9.59 Å². The highest BCUT2D eigenvalue weighted by Gasteiger charge is 2.11. The summed E-state index contributed by atoms with van der Waals surface area (Å²) in [7, 11) is 0. The molecule has 14 heteroatoms. The third kappa shape index (κ3) is 15.4. The fourth-order valence-corrected chi connectivity index (χ4v) is 3.75. The summed E-state index contributed by atoms with van der Waals surface area (Å²) in [5, 5.41) is 18.8. The molecule has 0 unspecified atom stereocenters. The van der Waals surface area contributed by atoms with Crippen molar-refractivity contribution in [3.8, 4) is 23.0 Å². The van der Waals surface area contributed by atoms with E-state index in [1.807, 2.05) is 0 Å². The van der Waals surface area contributed by atoms with Gasteiger partial charge in [-0.2, -0.15) is 0 Å². The molecule has 0 atom stereocenters. The molecule has 1 heterocycles. The van der Waals surface area contributed by atoms with Gasteiger partial charge in [0.15, 0.2) is 23.0 Å². The van der Waals surface area contributed by atoms with Crippen molar-refractivity contribution in [3.63, 3.8) is 0 Å². The fourth-order valence-electron chi connectivity index (χ4n) is 3.75. The quantitative estimate of drug-likeness (QED) is 0.163. The second kappa shape index (κ2) is 22.6. The van der Waals surface area contributed by atoms with Crippen LogP contribution in [0.25, 0.3) is 0 Å². The van der Waals surface area contributed by atoms with Crippen molar-refractivity contribution >= 4 is 11.9 Å². The van der Waals surface area contributed by atoms with E-state index < -0.39 is 11.9 Å². The van der Waals surface area contributed by atoms with Crippen molar-refractivity contribution < 1.29 is 67.2 Å². The zero-order chi connectivity index (χ0) is 32.7. The summed E-state index contributed by atoms with van der Waals surface area (Å²) in [4.78, 5) is 24.3. The van der Waals surface area contributed by atoms with Crippen molar-refractivity contribution in [1.82, 2.24) is 0 Å². The molecule has 14 nitrogen and oxygen atoms in total. The molecule has 254 valence electrons. The van der Waals surface area contributed by atoms with Gasteiger partial charge in [-0.15, -0.1) is 0 Å². The number of ether oxygens (including phenoxy) is 10. The average molecular weight is 651 g/mol. The normalized spacial score (nSPS) is 14.6. The van der Waals surface area contributed by atoms with Crippen LogP contribution in [-0.4, -0.2) is 115 Å². The zero-order valence-corrected chi connectivity index (χ0v) is 25.7. The number of rotatable bonds is 15. The molecular formula is C32H42O14. The molecule has 46 heavy (non-hydrogen) atoms. The van der Waals surface area contributed by atoms with Crippen LogP contribution in [0.5, 0.6) is 23.0 Å². The number of carbonyl (C=O) groups excluding carboxylic acids is 2. The number of aliphatic hydroxyl groups excluding tert-OH is 1. The number of aromatic hydroxyl groups is 1. The maximum Gasteiger partial charge on any atom is 0.331 e. The third-order valence-corrected chi connectivity index (χ3v) is 5.96. The number of carbonyl (C=O) groups is 2. The van der Waals surface area contributed by atoms with Crippen LogP contribution in [-0.2, 0) is 56.0 Å². The Morgan fingerprint density at radius 3 is 1.78 bits per heavy atom. The average Bonchev–Trinajstić information content (AvgIpc) is 3.07. The summed E-state index contributed by atoms with van der Waals surface area (Å²) in [5.74, 6) is -0.385. The molecule has 2 aromatic rings. The topological polar surface area (TPSA) is 167 Å². The van der Waals surface area contributed by atoms with E-state index in [9.17, 15) is 14.7 Å². The Balaban J connectivity index is 1.38. The lowest BCUT2D eigenvalue weighted by molar-refractivity contribution is -0.141. The molecular weight excluding hydrogens is 608 g/mol. The molecule has 2 N–H and O–H groups in total. The Labute approximate surface area is 267 Å². The number of aliphatic hydroxyl groups is 1. The first-order valence-electron chi connectivity index (χ1n) is 14.9. The van der Waals surface area contributed by atoms with Crippen molar-refractivity contribution in [3.05, 3.63) is 59.7 Å². The van der Waals surface area contributed by atoms with Gasteiger partial charge < -0.3 is 57.6 Å². The fraction of sp³-hybridized carbons (Fsp3) is 0.500. The summed E-state index contributed by atoms with van der Waals surface area (Å²) >= 11 is 0. The molecule has 0 radical (unpaired) electrons. The standard InChI is InChI=1S/C32H42O14/c33-7-8-37-9-10-39-15-18-42-28-3-1-25(21-27(28)34)23-45-31(35)5-6-32(36)46-24-26-2-4-29-30(22-26)44-20-17-41-14-12-38-11-13-40-16-19-43-29/h1-6,21-22,33-34H,7-20,23-24H2/b6-5-. The largest absolute Gasteiger partial charge is 0.504 e. The van der Waals surface area contributed by atoms with Gasteiger partial charge in [-0.1, -0.05) is 12.1 Å². The first-order valence-corrected chi connectivity index (χ1v) is 14.9. The van der Waals surface area contributed by atoms with Gasteiger partial charge >= 0.3 is 11.9 Å². The molecule has 0 spiro atoms. The smallest absolute Gasteiger partial charge is 0.331 e. The van der Waals surface area contributed by atoms with Crippen LogP contribution >= 0.6 is 0 Å². The number of phenolic OH excluding ortho intramolecular Hbond substituents is 1. The van der Waals surface area contributed by atoms with E-state index in [1.54, 1.807) is 30.3 Å². The number of esters is 2. The predicted molar refractivity (Wildman–Crippen MR) is 161 cm³/mol. The van der Waals surface area contributed by atoms with E-state index in [-0.39, 0.29) is 57.7 Å². The van der Waals surface area contributed by atoms with Gasteiger partial charge in [-0.3, -0.25) is 0 Å². The number of fused-ring (bicyclic) bond motifs is 1. The first-order chi connectivity index (χ1) is 22.5. The number of hydrogen-bond acceptors (Lipinski definition) is 14. The minimum Gasteiger partial charge on any atom is -0.504 e. The molecule has 0 bridgehead atoms. The van der Waals surface area contributed by atoms with Gasteiger partial charge in [0.25, 0.3) is 0 Å². The summed E-state index contributed by atoms with van der Waals surface area (Å²) in [5.41, 5.74) is 1.17. The number of benzene rings is 2. The molecule has 0 fully saturated rings. The Morgan fingerprint density at radius 2 is 1.17 bits per heavy atom. The first kappa shape index (κ1) is 36.5. The highest BCUT2D eigenvalue weighted by atomic mass is 16.6.